The van der Waals surface area contributed by atoms with Gasteiger partial charge >= 0.3 is 12.0 Å². The van der Waals surface area contributed by atoms with Gasteiger partial charge in [0.05, 0.1) is 6.61 Å². The Bertz CT molecular complexity index is 393. The van der Waals surface area contributed by atoms with Crippen LogP contribution in [-0.4, -0.2) is 54.4 Å². The van der Waals surface area contributed by atoms with E-state index in [-0.39, 0.29) is 6.03 Å². The zero-order chi connectivity index (χ0) is 15.5. The number of hydrogen-bond donors (Lipinski definition) is 2. The van der Waals surface area contributed by atoms with Crippen molar-refractivity contribution in [2.24, 2.45) is 11.3 Å². The maximum absolute atomic E-state index is 12.2. The predicted octanol–water partition coefficient (Wildman–Crippen LogP) is 1.70. The molecule has 1 unspecified atom stereocenters. The molecule has 1 saturated heterocycles. The lowest BCUT2D eigenvalue weighted by molar-refractivity contribution is -0.148. The third-order valence-corrected chi connectivity index (χ3v) is 4.34. The van der Waals surface area contributed by atoms with E-state index in [0.717, 1.165) is 19.4 Å². The summed E-state index contributed by atoms with van der Waals surface area (Å²) in [5.41, 5.74) is -0.399. The van der Waals surface area contributed by atoms with Crippen LogP contribution in [0.3, 0.4) is 0 Å². The van der Waals surface area contributed by atoms with Crippen LogP contribution in [0.1, 0.15) is 39.5 Å². The smallest absolute Gasteiger partial charge is 0.327 e. The molecule has 2 N–H and O–H groups in total. The number of carbonyl (C=O) groups excluding carboxylic acids is 1. The zero-order valence-electron chi connectivity index (χ0n) is 12.9. The fraction of sp³-hybridized carbons (Fsp3) is 0.867. The molecule has 6 nitrogen and oxygen atoms in total. The number of carboxylic acid groups (broad SMARTS) is 1. The van der Waals surface area contributed by atoms with Crippen LogP contribution in [0.25, 0.3) is 0 Å². The normalized spacial score (nSPS) is 24.7. The minimum Gasteiger partial charge on any atom is -0.480 e. The minimum atomic E-state index is -0.931. The molecule has 2 fully saturated rings. The number of urea groups is 1. The molecule has 6 heteroatoms. The van der Waals surface area contributed by atoms with E-state index in [2.05, 4.69) is 5.32 Å². The SMILES string of the molecule is CC1(C)CCCN(C(=O)NCCOCC2CC2)C1C(=O)O. The van der Waals surface area contributed by atoms with E-state index in [1.807, 2.05) is 13.8 Å². The monoisotopic (exact) mass is 298 g/mol. The number of ether oxygens (including phenoxy) is 1. The van der Waals surface area contributed by atoms with Crippen molar-refractivity contribution in [1.29, 1.82) is 0 Å². The highest BCUT2D eigenvalue weighted by atomic mass is 16.5. The van der Waals surface area contributed by atoms with Crippen LogP contribution in [0.2, 0.25) is 0 Å². The van der Waals surface area contributed by atoms with Crippen molar-refractivity contribution in [3.05, 3.63) is 0 Å². The van der Waals surface area contributed by atoms with Crippen molar-refractivity contribution < 1.29 is 19.4 Å². The van der Waals surface area contributed by atoms with Crippen LogP contribution in [0, 0.1) is 11.3 Å². The summed E-state index contributed by atoms with van der Waals surface area (Å²) in [4.78, 5) is 25.2. The number of nitrogens with zero attached hydrogens (tertiary/aromatic N) is 1. The Balaban J connectivity index is 1.79. The van der Waals surface area contributed by atoms with E-state index in [1.165, 1.54) is 17.7 Å². The molecule has 2 amide bonds. The largest absolute Gasteiger partial charge is 0.480 e. The highest BCUT2D eigenvalue weighted by molar-refractivity contribution is 5.83. The van der Waals surface area contributed by atoms with Gasteiger partial charge in [-0.1, -0.05) is 13.8 Å². The number of piperidine rings is 1. The number of carbonyl (C=O) groups is 2. The molecule has 1 saturated carbocycles. The first-order valence-electron chi connectivity index (χ1n) is 7.77. The summed E-state index contributed by atoms with van der Waals surface area (Å²) in [5, 5.41) is 12.2. The number of amides is 2. The first-order valence-corrected chi connectivity index (χ1v) is 7.77. The highest BCUT2D eigenvalue weighted by Gasteiger charge is 2.44. The van der Waals surface area contributed by atoms with Gasteiger partial charge < -0.3 is 20.1 Å². The number of aliphatic carboxylic acids is 1. The number of hydrogen-bond acceptors (Lipinski definition) is 3. The fourth-order valence-electron chi connectivity index (χ4n) is 2.95. The first-order chi connectivity index (χ1) is 9.92. The van der Waals surface area contributed by atoms with E-state index in [4.69, 9.17) is 4.74 Å². The lowest BCUT2D eigenvalue weighted by Crippen LogP contribution is -2.58. The van der Waals surface area contributed by atoms with Crippen molar-refractivity contribution >= 4 is 12.0 Å². The second-order valence-electron chi connectivity index (χ2n) is 6.78. The van der Waals surface area contributed by atoms with E-state index in [9.17, 15) is 14.7 Å². The second kappa shape index (κ2) is 6.64. The second-order valence-corrected chi connectivity index (χ2v) is 6.78. The molecule has 1 atom stereocenters. The van der Waals surface area contributed by atoms with Crippen LogP contribution in [0.5, 0.6) is 0 Å². The molecule has 0 aromatic carbocycles. The molecule has 0 spiro atoms. The van der Waals surface area contributed by atoms with Gasteiger partial charge in [0.25, 0.3) is 0 Å². The van der Waals surface area contributed by atoms with Crippen molar-refractivity contribution in [3.63, 3.8) is 0 Å². The van der Waals surface area contributed by atoms with E-state index in [1.54, 1.807) is 0 Å². The molecular weight excluding hydrogens is 272 g/mol. The number of likely N-dealkylation sites (tertiary alicyclic amines) is 1. The zero-order valence-corrected chi connectivity index (χ0v) is 12.9. The number of rotatable bonds is 6. The Hall–Kier alpha value is -1.30. The molecule has 1 aliphatic carbocycles. The summed E-state index contributed by atoms with van der Waals surface area (Å²) in [6.45, 7) is 5.99. The first kappa shape index (κ1) is 16.1. The van der Waals surface area contributed by atoms with Crippen molar-refractivity contribution in [2.45, 2.75) is 45.6 Å². The van der Waals surface area contributed by atoms with Crippen LogP contribution < -0.4 is 5.32 Å². The molecule has 0 aromatic heterocycles. The minimum absolute atomic E-state index is 0.301. The Kier molecular flexibility index (Phi) is 5.08. The summed E-state index contributed by atoms with van der Waals surface area (Å²) in [7, 11) is 0. The van der Waals surface area contributed by atoms with Crippen molar-refractivity contribution in [1.82, 2.24) is 10.2 Å². The van der Waals surface area contributed by atoms with E-state index in [0.29, 0.717) is 25.6 Å². The lowest BCUT2D eigenvalue weighted by Gasteiger charge is -2.43. The quantitative estimate of drug-likeness (QED) is 0.732. The van der Waals surface area contributed by atoms with Crippen LogP contribution in [0.15, 0.2) is 0 Å². The Morgan fingerprint density at radius 1 is 1.38 bits per heavy atom. The topological polar surface area (TPSA) is 78.9 Å². The molecule has 0 radical (unpaired) electrons. The fourth-order valence-corrected chi connectivity index (χ4v) is 2.95. The van der Waals surface area contributed by atoms with Gasteiger partial charge in [0.2, 0.25) is 0 Å². The van der Waals surface area contributed by atoms with Crippen LogP contribution in [-0.2, 0) is 9.53 Å². The molecular formula is C15H26N2O4. The Morgan fingerprint density at radius 2 is 2.10 bits per heavy atom. The number of carboxylic acids is 1. The average Bonchev–Trinajstić information content (AvgIpc) is 3.20. The van der Waals surface area contributed by atoms with Gasteiger partial charge in [0.15, 0.2) is 0 Å². The molecule has 0 bridgehead atoms. The van der Waals surface area contributed by atoms with Crippen molar-refractivity contribution in [3.8, 4) is 0 Å². The Morgan fingerprint density at radius 3 is 2.71 bits per heavy atom. The van der Waals surface area contributed by atoms with E-state index >= 15 is 0 Å². The summed E-state index contributed by atoms with van der Waals surface area (Å²) in [6.07, 6.45) is 4.14. The molecule has 2 rings (SSSR count). The van der Waals surface area contributed by atoms with Gasteiger partial charge in [-0.15, -0.1) is 0 Å². The molecule has 2 aliphatic rings. The molecule has 0 aromatic rings. The van der Waals surface area contributed by atoms with Gasteiger partial charge in [-0.25, -0.2) is 9.59 Å². The molecule has 1 aliphatic heterocycles. The Labute approximate surface area is 125 Å². The van der Waals surface area contributed by atoms with Gasteiger partial charge in [-0.2, -0.15) is 0 Å². The molecule has 1 heterocycles. The van der Waals surface area contributed by atoms with Crippen LogP contribution >= 0.6 is 0 Å². The van der Waals surface area contributed by atoms with Crippen molar-refractivity contribution in [2.75, 3.05) is 26.3 Å². The van der Waals surface area contributed by atoms with Gasteiger partial charge in [0, 0.05) is 19.7 Å². The molecule has 120 valence electrons. The van der Waals surface area contributed by atoms with Gasteiger partial charge in [-0.05, 0) is 37.0 Å². The average molecular weight is 298 g/mol. The maximum Gasteiger partial charge on any atom is 0.327 e. The van der Waals surface area contributed by atoms with Crippen LogP contribution in [0.4, 0.5) is 4.79 Å². The summed E-state index contributed by atoms with van der Waals surface area (Å²) in [5.74, 6) is -0.222. The third-order valence-electron chi connectivity index (χ3n) is 4.34. The molecule has 21 heavy (non-hydrogen) atoms. The summed E-state index contributed by atoms with van der Waals surface area (Å²) >= 11 is 0. The highest BCUT2D eigenvalue weighted by Crippen LogP contribution is 2.35. The number of nitrogens with one attached hydrogen (secondary N) is 1. The lowest BCUT2D eigenvalue weighted by atomic mass is 9.76. The van der Waals surface area contributed by atoms with Gasteiger partial charge in [0.1, 0.15) is 6.04 Å². The van der Waals surface area contributed by atoms with Gasteiger partial charge in [-0.3, -0.25) is 0 Å². The van der Waals surface area contributed by atoms with E-state index < -0.39 is 17.4 Å². The standard InChI is InChI=1S/C15H26N2O4/c1-15(2)6-3-8-17(12(15)13(18)19)14(20)16-7-9-21-10-11-4-5-11/h11-12H,3-10H2,1-2H3,(H,16,20)(H,18,19). The summed E-state index contributed by atoms with van der Waals surface area (Å²) < 4.78 is 5.46. The third kappa shape index (κ3) is 4.33. The predicted molar refractivity (Wildman–Crippen MR) is 78.1 cm³/mol. The maximum atomic E-state index is 12.2. The summed E-state index contributed by atoms with van der Waals surface area (Å²) in [6, 6.07) is -1.07.